The molecule has 0 spiro atoms. The van der Waals surface area contributed by atoms with Crippen molar-refractivity contribution in [1.29, 1.82) is 0 Å². The summed E-state index contributed by atoms with van der Waals surface area (Å²) in [6, 6.07) is 0. The van der Waals surface area contributed by atoms with Crippen LogP contribution in [0.25, 0.3) is 0 Å². The number of halogens is 2. The molecule has 60 valence electrons. The Morgan fingerprint density at radius 1 is 1.11 bits per heavy atom. The van der Waals surface area contributed by atoms with Crippen molar-refractivity contribution in [3.8, 4) is 0 Å². The zero-order valence-electron chi connectivity index (χ0n) is 6.19. The van der Waals surface area contributed by atoms with Crippen LogP contribution in [0.4, 0.5) is 0 Å². The quantitative estimate of drug-likeness (QED) is 0.414. The van der Waals surface area contributed by atoms with Gasteiger partial charge in [-0.15, -0.1) is 0 Å². The highest BCUT2D eigenvalue weighted by molar-refractivity contribution is 4.26. The molecule has 0 amide bonds. The average Bonchev–Trinajstić information content (AvgIpc) is 1.30. The Morgan fingerprint density at radius 3 is 1.44 bits per heavy atom. The van der Waals surface area contributed by atoms with Gasteiger partial charge in [0, 0.05) is 6.54 Å². The summed E-state index contributed by atoms with van der Waals surface area (Å²) in [6.07, 6.45) is 0. The molecule has 0 unspecified atom stereocenters. The molecule has 0 heterocycles. The lowest BCUT2D eigenvalue weighted by Gasteiger charge is -2.22. The molecule has 0 bridgehead atoms. The number of hydrogen-bond donors (Lipinski definition) is 1. The van der Waals surface area contributed by atoms with Crippen LogP contribution in [0.2, 0.25) is 0 Å². The molecule has 4 heteroatoms. The molecular weight excluding hydrogens is 159 g/mol. The summed E-state index contributed by atoms with van der Waals surface area (Å²) in [7, 11) is 6.40. The van der Waals surface area contributed by atoms with Crippen LogP contribution in [0.3, 0.4) is 0 Å². The fourth-order valence-corrected chi connectivity index (χ4v) is 0.387. The summed E-state index contributed by atoms with van der Waals surface area (Å²) in [5.41, 5.74) is 5.30. The van der Waals surface area contributed by atoms with E-state index < -0.39 is 0 Å². The predicted molar refractivity (Wildman–Crippen MR) is 32.0 cm³/mol. The van der Waals surface area contributed by atoms with Gasteiger partial charge in [0.05, 0.1) is 27.7 Å². The predicted octanol–water partition coefficient (Wildman–Crippen LogP) is -6.34. The Labute approximate surface area is 69.8 Å². The van der Waals surface area contributed by atoms with E-state index >= 15 is 0 Å². The lowest BCUT2D eigenvalue weighted by Crippen LogP contribution is -3.00. The van der Waals surface area contributed by atoms with Crippen LogP contribution in [0.1, 0.15) is 0 Å². The van der Waals surface area contributed by atoms with Gasteiger partial charge in [-0.2, -0.15) is 0 Å². The minimum atomic E-state index is 0. The van der Waals surface area contributed by atoms with E-state index in [2.05, 4.69) is 21.1 Å². The van der Waals surface area contributed by atoms with Crippen molar-refractivity contribution in [2.75, 3.05) is 34.2 Å². The number of nitrogens with two attached hydrogens (primary N) is 1. The number of hydrogen-bond acceptors (Lipinski definition) is 1. The normalized spacial score (nSPS) is 9.33. The Balaban J connectivity index is -0.000000180. The third kappa shape index (κ3) is 17.7. The van der Waals surface area contributed by atoms with Crippen molar-refractivity contribution in [3.63, 3.8) is 0 Å². The monoisotopic (exact) mass is 173 g/mol. The molecule has 0 aliphatic rings. The van der Waals surface area contributed by atoms with Crippen molar-refractivity contribution in [2.24, 2.45) is 5.73 Å². The lowest BCUT2D eigenvalue weighted by atomic mass is 10.5. The number of likely N-dealkylation sites (N-methyl/N-ethyl adjacent to an activating group) is 1. The largest absolute Gasteiger partial charge is 1.00 e. The molecular formula is C5H15Cl2N2-. The molecule has 0 aromatic rings. The highest BCUT2D eigenvalue weighted by atomic mass is 35.5. The van der Waals surface area contributed by atoms with Gasteiger partial charge in [0.2, 0.25) is 0 Å². The summed E-state index contributed by atoms with van der Waals surface area (Å²) in [5, 5.41) is 0. The van der Waals surface area contributed by atoms with Gasteiger partial charge in [0.1, 0.15) is 0 Å². The van der Waals surface area contributed by atoms with Gasteiger partial charge < -0.3 is 35.0 Å². The lowest BCUT2D eigenvalue weighted by molar-refractivity contribution is -0.868. The zero-order chi connectivity index (χ0) is 5.91. The van der Waals surface area contributed by atoms with Crippen molar-refractivity contribution >= 4 is 0 Å². The highest BCUT2D eigenvalue weighted by Crippen LogP contribution is 1.83. The fourth-order valence-electron chi connectivity index (χ4n) is 0.387. The number of rotatable bonds is 2. The molecule has 0 saturated heterocycles. The molecule has 2 nitrogen and oxygen atoms in total. The van der Waals surface area contributed by atoms with Crippen LogP contribution >= 0.6 is 0 Å². The first-order chi connectivity index (χ1) is 3.06. The molecule has 0 fully saturated rings. The standard InChI is InChI=1S/C5H15N2.2ClH/c1-7(2,3)5-4-6;;/h4-6H2,1-3H3;2*1H/q+1;;/p-2. The fraction of sp³-hybridized carbons (Fsp3) is 1.00. The average molecular weight is 174 g/mol. The molecule has 0 aromatic carbocycles. The molecule has 0 radical (unpaired) electrons. The van der Waals surface area contributed by atoms with E-state index in [0.717, 1.165) is 17.6 Å². The van der Waals surface area contributed by atoms with E-state index in [1.54, 1.807) is 0 Å². The van der Waals surface area contributed by atoms with E-state index in [-0.39, 0.29) is 24.8 Å². The summed E-state index contributed by atoms with van der Waals surface area (Å²) in [5.74, 6) is 0. The molecule has 0 aromatic heterocycles. The van der Waals surface area contributed by atoms with Crippen LogP contribution in [0.5, 0.6) is 0 Å². The summed E-state index contributed by atoms with van der Waals surface area (Å²) in [6.45, 7) is 1.84. The van der Waals surface area contributed by atoms with Gasteiger partial charge in [0.15, 0.2) is 0 Å². The van der Waals surface area contributed by atoms with Crippen LogP contribution in [0, 0.1) is 0 Å². The summed E-state index contributed by atoms with van der Waals surface area (Å²) in [4.78, 5) is 0. The first-order valence-electron chi connectivity index (χ1n) is 2.57. The van der Waals surface area contributed by atoms with Crippen molar-refractivity contribution in [2.45, 2.75) is 0 Å². The minimum Gasteiger partial charge on any atom is -1.00 e. The maximum atomic E-state index is 5.30. The first-order valence-corrected chi connectivity index (χ1v) is 2.57. The highest BCUT2D eigenvalue weighted by Gasteiger charge is 2.01. The van der Waals surface area contributed by atoms with Crippen LogP contribution in [-0.2, 0) is 0 Å². The third-order valence-electron chi connectivity index (χ3n) is 0.800. The molecule has 0 aliphatic carbocycles. The van der Waals surface area contributed by atoms with Crippen LogP contribution in [0.15, 0.2) is 0 Å². The minimum absolute atomic E-state index is 0. The topological polar surface area (TPSA) is 26.0 Å². The Bertz CT molecular complexity index is 51.4. The Kier molecular flexibility index (Phi) is 11.9. The third-order valence-corrected chi connectivity index (χ3v) is 0.800. The van der Waals surface area contributed by atoms with Crippen molar-refractivity contribution in [3.05, 3.63) is 0 Å². The van der Waals surface area contributed by atoms with Crippen LogP contribution < -0.4 is 30.5 Å². The molecule has 0 atom stereocenters. The Morgan fingerprint density at radius 2 is 1.44 bits per heavy atom. The second kappa shape index (κ2) is 6.62. The zero-order valence-corrected chi connectivity index (χ0v) is 7.71. The molecule has 9 heavy (non-hydrogen) atoms. The van der Waals surface area contributed by atoms with E-state index in [0.29, 0.717) is 0 Å². The maximum absolute atomic E-state index is 5.30. The smallest absolute Gasteiger partial charge is 0.0905 e. The Hall–Kier alpha value is 0.500. The SMILES string of the molecule is C[N+](C)(C)CCN.[Cl-].[Cl-]. The molecule has 0 saturated carbocycles. The molecule has 2 N–H and O–H groups in total. The second-order valence-electron chi connectivity index (χ2n) is 2.80. The second-order valence-corrected chi connectivity index (χ2v) is 2.80. The number of nitrogens with zero attached hydrogens (tertiary/aromatic N) is 1. The summed E-state index contributed by atoms with van der Waals surface area (Å²) >= 11 is 0. The van der Waals surface area contributed by atoms with Crippen molar-refractivity contribution in [1.82, 2.24) is 0 Å². The molecule has 0 rings (SSSR count). The van der Waals surface area contributed by atoms with Gasteiger partial charge >= 0.3 is 0 Å². The van der Waals surface area contributed by atoms with Crippen molar-refractivity contribution < 1.29 is 29.3 Å². The van der Waals surface area contributed by atoms with Gasteiger partial charge in [0.25, 0.3) is 0 Å². The van der Waals surface area contributed by atoms with Crippen LogP contribution in [-0.4, -0.2) is 38.7 Å². The van der Waals surface area contributed by atoms with Gasteiger partial charge in [-0.25, -0.2) is 0 Å². The number of quaternary nitrogens is 1. The van der Waals surface area contributed by atoms with Gasteiger partial charge in [-0.3, -0.25) is 0 Å². The summed E-state index contributed by atoms with van der Waals surface area (Å²) < 4.78 is 0.969. The van der Waals surface area contributed by atoms with E-state index in [1.165, 1.54) is 0 Å². The van der Waals surface area contributed by atoms with Gasteiger partial charge in [-0.05, 0) is 0 Å². The van der Waals surface area contributed by atoms with E-state index in [4.69, 9.17) is 5.73 Å². The van der Waals surface area contributed by atoms with E-state index in [9.17, 15) is 0 Å². The van der Waals surface area contributed by atoms with E-state index in [1.807, 2.05) is 0 Å². The van der Waals surface area contributed by atoms with Gasteiger partial charge in [-0.1, -0.05) is 0 Å². The maximum Gasteiger partial charge on any atom is 0.0905 e. The molecule has 0 aliphatic heterocycles. The first kappa shape index (κ1) is 16.2.